The summed E-state index contributed by atoms with van der Waals surface area (Å²) in [7, 11) is 1.48. The Bertz CT molecular complexity index is 464. The Morgan fingerprint density at radius 3 is 2.71 bits per heavy atom. The summed E-state index contributed by atoms with van der Waals surface area (Å²) in [6.45, 7) is 4.10. The van der Waals surface area contributed by atoms with Crippen LogP contribution in [0.2, 0.25) is 0 Å². The standard InChI is InChI=1S/C14H17FO2/c1-14(2)5-4-10-11(13(16)8-14)6-9(17-3)7-12(10)15/h6-7H,4-5,8H2,1-3H3. The van der Waals surface area contributed by atoms with E-state index in [1.807, 2.05) is 13.8 Å². The minimum Gasteiger partial charge on any atom is -0.497 e. The molecule has 0 radical (unpaired) electrons. The molecule has 1 aromatic carbocycles. The number of benzene rings is 1. The van der Waals surface area contributed by atoms with Crippen LogP contribution >= 0.6 is 0 Å². The van der Waals surface area contributed by atoms with Gasteiger partial charge in [0.2, 0.25) is 0 Å². The summed E-state index contributed by atoms with van der Waals surface area (Å²) in [6, 6.07) is 3.01. The Balaban J connectivity index is 2.51. The number of hydrogen-bond donors (Lipinski definition) is 0. The lowest BCUT2D eigenvalue weighted by atomic mass is 9.84. The Kier molecular flexibility index (Phi) is 2.94. The third kappa shape index (κ3) is 2.33. The molecule has 0 unspecified atom stereocenters. The van der Waals surface area contributed by atoms with E-state index in [9.17, 15) is 9.18 Å². The SMILES string of the molecule is COc1cc(F)c2c(c1)C(=O)CC(C)(C)CC2. The van der Waals surface area contributed by atoms with Crippen molar-refractivity contribution in [3.63, 3.8) is 0 Å². The smallest absolute Gasteiger partial charge is 0.163 e. The molecule has 0 aromatic heterocycles. The van der Waals surface area contributed by atoms with Gasteiger partial charge in [0, 0.05) is 18.1 Å². The zero-order valence-corrected chi connectivity index (χ0v) is 10.5. The van der Waals surface area contributed by atoms with Gasteiger partial charge in [0.15, 0.2) is 5.78 Å². The highest BCUT2D eigenvalue weighted by molar-refractivity contribution is 5.98. The molecule has 0 N–H and O–H groups in total. The number of carbonyl (C=O) groups is 1. The quantitative estimate of drug-likeness (QED) is 0.699. The molecule has 0 heterocycles. The summed E-state index contributed by atoms with van der Waals surface area (Å²) in [5, 5.41) is 0. The summed E-state index contributed by atoms with van der Waals surface area (Å²) >= 11 is 0. The number of carbonyl (C=O) groups excluding carboxylic acids is 1. The van der Waals surface area contributed by atoms with Gasteiger partial charge in [0.25, 0.3) is 0 Å². The number of Topliss-reactive ketones (excluding diaryl/α,β-unsaturated/α-hetero) is 1. The monoisotopic (exact) mass is 236 g/mol. The third-order valence-electron chi connectivity index (χ3n) is 3.40. The first kappa shape index (κ1) is 12.1. The molecule has 2 nitrogen and oxygen atoms in total. The van der Waals surface area contributed by atoms with E-state index in [4.69, 9.17) is 4.74 Å². The molecule has 0 bridgehead atoms. The average molecular weight is 236 g/mol. The third-order valence-corrected chi connectivity index (χ3v) is 3.40. The topological polar surface area (TPSA) is 26.3 Å². The first-order chi connectivity index (χ1) is 7.93. The molecular weight excluding hydrogens is 219 g/mol. The normalized spacial score (nSPS) is 18.5. The zero-order valence-electron chi connectivity index (χ0n) is 10.5. The largest absolute Gasteiger partial charge is 0.497 e. The van der Waals surface area contributed by atoms with E-state index in [0.29, 0.717) is 29.7 Å². The van der Waals surface area contributed by atoms with Gasteiger partial charge < -0.3 is 4.74 Å². The van der Waals surface area contributed by atoms with Crippen LogP contribution in [-0.2, 0) is 6.42 Å². The second-order valence-corrected chi connectivity index (χ2v) is 5.40. The summed E-state index contributed by atoms with van der Waals surface area (Å²) < 4.78 is 18.9. The maximum absolute atomic E-state index is 13.9. The van der Waals surface area contributed by atoms with Gasteiger partial charge in [0.05, 0.1) is 7.11 Å². The van der Waals surface area contributed by atoms with E-state index < -0.39 is 0 Å². The molecule has 1 aliphatic rings. The first-order valence-electron chi connectivity index (χ1n) is 5.82. The number of methoxy groups -OCH3 is 1. The Labute approximate surface area is 101 Å². The molecular formula is C14H17FO2. The second-order valence-electron chi connectivity index (χ2n) is 5.40. The molecule has 2 rings (SSSR count). The second kappa shape index (κ2) is 4.13. The molecule has 0 atom stereocenters. The van der Waals surface area contributed by atoms with Crippen LogP contribution in [0.3, 0.4) is 0 Å². The van der Waals surface area contributed by atoms with Crippen LogP contribution in [0.15, 0.2) is 12.1 Å². The fourth-order valence-electron chi connectivity index (χ4n) is 2.31. The van der Waals surface area contributed by atoms with Crippen molar-refractivity contribution in [3.8, 4) is 5.75 Å². The molecule has 1 aromatic rings. The molecule has 92 valence electrons. The molecule has 0 amide bonds. The van der Waals surface area contributed by atoms with Crippen LogP contribution in [-0.4, -0.2) is 12.9 Å². The highest BCUT2D eigenvalue weighted by atomic mass is 19.1. The summed E-state index contributed by atoms with van der Waals surface area (Å²) in [5.41, 5.74) is 0.976. The van der Waals surface area contributed by atoms with Crippen LogP contribution in [0.5, 0.6) is 5.75 Å². The van der Waals surface area contributed by atoms with Crippen molar-refractivity contribution in [1.29, 1.82) is 0 Å². The van der Waals surface area contributed by atoms with E-state index in [1.165, 1.54) is 13.2 Å². The van der Waals surface area contributed by atoms with Gasteiger partial charge in [-0.1, -0.05) is 13.8 Å². The summed E-state index contributed by atoms with van der Waals surface area (Å²) in [5.74, 6) is 0.0972. The van der Waals surface area contributed by atoms with E-state index in [1.54, 1.807) is 6.07 Å². The molecule has 3 heteroatoms. The van der Waals surface area contributed by atoms with Gasteiger partial charge >= 0.3 is 0 Å². The van der Waals surface area contributed by atoms with Crippen LogP contribution < -0.4 is 4.74 Å². The van der Waals surface area contributed by atoms with Crippen LogP contribution in [0.1, 0.15) is 42.6 Å². The molecule has 0 saturated carbocycles. The lowest BCUT2D eigenvalue weighted by Crippen LogP contribution is -2.14. The molecule has 0 aliphatic heterocycles. The van der Waals surface area contributed by atoms with Crippen molar-refractivity contribution in [2.24, 2.45) is 5.41 Å². The molecule has 1 aliphatic carbocycles. The van der Waals surface area contributed by atoms with Crippen molar-refractivity contribution < 1.29 is 13.9 Å². The first-order valence-corrected chi connectivity index (χ1v) is 5.82. The fourth-order valence-corrected chi connectivity index (χ4v) is 2.31. The molecule has 0 spiro atoms. The number of halogens is 1. The highest BCUT2D eigenvalue weighted by Gasteiger charge is 2.29. The van der Waals surface area contributed by atoms with Crippen molar-refractivity contribution in [1.82, 2.24) is 0 Å². The van der Waals surface area contributed by atoms with Crippen molar-refractivity contribution in [2.45, 2.75) is 33.1 Å². The maximum Gasteiger partial charge on any atom is 0.163 e. The molecule has 17 heavy (non-hydrogen) atoms. The van der Waals surface area contributed by atoms with Crippen molar-refractivity contribution >= 4 is 5.78 Å². The Morgan fingerprint density at radius 2 is 2.06 bits per heavy atom. The van der Waals surface area contributed by atoms with E-state index >= 15 is 0 Å². The minimum atomic E-state index is -0.328. The predicted molar refractivity (Wildman–Crippen MR) is 64.0 cm³/mol. The van der Waals surface area contributed by atoms with Gasteiger partial charge in [-0.2, -0.15) is 0 Å². The molecule has 0 fully saturated rings. The van der Waals surface area contributed by atoms with Gasteiger partial charge in [-0.05, 0) is 29.9 Å². The maximum atomic E-state index is 13.9. The van der Waals surface area contributed by atoms with Crippen molar-refractivity contribution in [3.05, 3.63) is 29.1 Å². The summed E-state index contributed by atoms with van der Waals surface area (Å²) in [4.78, 5) is 12.1. The number of ether oxygens (including phenoxy) is 1. The number of rotatable bonds is 1. The van der Waals surface area contributed by atoms with E-state index in [2.05, 4.69) is 0 Å². The van der Waals surface area contributed by atoms with Gasteiger partial charge in [-0.15, -0.1) is 0 Å². The van der Waals surface area contributed by atoms with Crippen LogP contribution in [0.25, 0.3) is 0 Å². The lowest BCUT2D eigenvalue weighted by Gasteiger charge is -2.20. The van der Waals surface area contributed by atoms with E-state index in [-0.39, 0.29) is 17.0 Å². The van der Waals surface area contributed by atoms with Gasteiger partial charge in [-0.3, -0.25) is 4.79 Å². The highest BCUT2D eigenvalue weighted by Crippen LogP contribution is 2.35. The summed E-state index contributed by atoms with van der Waals surface area (Å²) in [6.07, 6.45) is 1.91. The van der Waals surface area contributed by atoms with Crippen molar-refractivity contribution in [2.75, 3.05) is 7.11 Å². The lowest BCUT2D eigenvalue weighted by molar-refractivity contribution is 0.0933. The van der Waals surface area contributed by atoms with Crippen LogP contribution in [0, 0.1) is 11.2 Å². The Hall–Kier alpha value is -1.38. The van der Waals surface area contributed by atoms with Crippen LogP contribution in [0.4, 0.5) is 4.39 Å². The number of hydrogen-bond acceptors (Lipinski definition) is 2. The van der Waals surface area contributed by atoms with E-state index in [0.717, 1.165) is 6.42 Å². The predicted octanol–water partition coefficient (Wildman–Crippen LogP) is 3.38. The fraction of sp³-hybridized carbons (Fsp3) is 0.500. The zero-order chi connectivity index (χ0) is 12.6. The minimum absolute atomic E-state index is 0.0142. The van der Waals surface area contributed by atoms with Gasteiger partial charge in [-0.25, -0.2) is 4.39 Å². The average Bonchev–Trinajstić information content (AvgIpc) is 2.36. The molecule has 0 saturated heterocycles. The Morgan fingerprint density at radius 1 is 1.35 bits per heavy atom. The number of ketones is 1. The van der Waals surface area contributed by atoms with Gasteiger partial charge in [0.1, 0.15) is 11.6 Å². The number of fused-ring (bicyclic) bond motifs is 1.